The van der Waals surface area contributed by atoms with E-state index in [1.165, 1.54) is 11.1 Å². The predicted octanol–water partition coefficient (Wildman–Crippen LogP) is 1.49. The maximum absolute atomic E-state index is 10.9. The number of thiophene rings is 1. The van der Waals surface area contributed by atoms with Crippen molar-refractivity contribution in [2.75, 3.05) is 12.0 Å². The average Bonchev–Trinajstić information content (AvgIpc) is 2.46. The van der Waals surface area contributed by atoms with Crippen molar-refractivity contribution in [1.29, 1.82) is 0 Å². The molecule has 1 aromatic heterocycles. The van der Waals surface area contributed by atoms with Crippen molar-refractivity contribution in [1.82, 2.24) is 0 Å². The van der Waals surface area contributed by atoms with Gasteiger partial charge in [0, 0.05) is 22.1 Å². The first-order chi connectivity index (χ1) is 6.38. The molecule has 1 rings (SSSR count). The quantitative estimate of drug-likeness (QED) is 0.857. The molecule has 0 fully saturated rings. The molecular formula is C9H15NO2S2. The Morgan fingerprint density at radius 1 is 1.50 bits per heavy atom. The normalized spacial score (nSPS) is 14.2. The molecule has 0 aromatic carbocycles. The zero-order chi connectivity index (χ0) is 10.8. The van der Waals surface area contributed by atoms with Gasteiger partial charge in [0.25, 0.3) is 0 Å². The number of nitrogens with two attached hydrogens (primary N) is 1. The number of hydrogen-bond acceptors (Lipinski definition) is 4. The standard InChI is InChI=1S/C9H15NO2S2/c1-7-3-4-9(13-7)8(10)5-6-14(2,11)12/h3-4,8H,5-6,10H2,1-2H3. The van der Waals surface area contributed by atoms with Crippen molar-refractivity contribution in [2.24, 2.45) is 5.73 Å². The van der Waals surface area contributed by atoms with Gasteiger partial charge in [-0.2, -0.15) is 0 Å². The summed E-state index contributed by atoms with van der Waals surface area (Å²) in [7, 11) is -2.90. The Morgan fingerprint density at radius 2 is 2.14 bits per heavy atom. The van der Waals surface area contributed by atoms with Crippen LogP contribution in [0, 0.1) is 6.92 Å². The topological polar surface area (TPSA) is 60.2 Å². The summed E-state index contributed by atoms with van der Waals surface area (Å²) in [4.78, 5) is 2.26. The Bertz CT molecular complexity index is 395. The number of sulfone groups is 1. The SMILES string of the molecule is Cc1ccc(C(N)CCS(C)(=O)=O)s1. The van der Waals surface area contributed by atoms with Gasteiger partial charge in [-0.25, -0.2) is 8.42 Å². The Hall–Kier alpha value is -0.390. The largest absolute Gasteiger partial charge is 0.323 e. The van der Waals surface area contributed by atoms with E-state index < -0.39 is 9.84 Å². The monoisotopic (exact) mass is 233 g/mol. The van der Waals surface area contributed by atoms with Crippen LogP contribution in [-0.2, 0) is 9.84 Å². The highest BCUT2D eigenvalue weighted by Crippen LogP contribution is 2.23. The van der Waals surface area contributed by atoms with E-state index in [1.54, 1.807) is 11.3 Å². The van der Waals surface area contributed by atoms with Crippen molar-refractivity contribution in [2.45, 2.75) is 19.4 Å². The molecular weight excluding hydrogens is 218 g/mol. The van der Waals surface area contributed by atoms with Crippen LogP contribution in [0.5, 0.6) is 0 Å². The predicted molar refractivity (Wildman–Crippen MR) is 60.3 cm³/mol. The summed E-state index contributed by atoms with van der Waals surface area (Å²) in [6.07, 6.45) is 1.73. The maximum atomic E-state index is 10.9. The minimum absolute atomic E-state index is 0.150. The third-order valence-electron chi connectivity index (χ3n) is 1.93. The fourth-order valence-electron chi connectivity index (χ4n) is 1.14. The fourth-order valence-corrected chi connectivity index (χ4v) is 2.73. The molecule has 1 aromatic rings. The second-order valence-corrected chi connectivity index (χ2v) is 7.05. The van der Waals surface area contributed by atoms with Crippen LogP contribution in [0.1, 0.15) is 22.2 Å². The van der Waals surface area contributed by atoms with E-state index in [-0.39, 0.29) is 11.8 Å². The van der Waals surface area contributed by atoms with Crippen LogP contribution in [-0.4, -0.2) is 20.4 Å². The molecule has 0 amide bonds. The lowest BCUT2D eigenvalue weighted by molar-refractivity contribution is 0.592. The van der Waals surface area contributed by atoms with Crippen LogP contribution in [0.15, 0.2) is 12.1 Å². The molecule has 0 aliphatic rings. The zero-order valence-corrected chi connectivity index (χ0v) is 9.99. The maximum Gasteiger partial charge on any atom is 0.147 e. The lowest BCUT2D eigenvalue weighted by Crippen LogP contribution is -2.14. The fraction of sp³-hybridized carbons (Fsp3) is 0.556. The molecule has 5 heteroatoms. The molecule has 1 atom stereocenters. The second kappa shape index (κ2) is 4.42. The van der Waals surface area contributed by atoms with Crippen LogP contribution in [0.2, 0.25) is 0 Å². The molecule has 0 saturated heterocycles. The minimum Gasteiger partial charge on any atom is -0.323 e. The summed E-state index contributed by atoms with van der Waals surface area (Å²) in [6.45, 7) is 2.01. The van der Waals surface area contributed by atoms with Gasteiger partial charge in [-0.15, -0.1) is 11.3 Å². The number of aryl methyl sites for hydroxylation is 1. The highest BCUT2D eigenvalue weighted by atomic mass is 32.2. The van der Waals surface area contributed by atoms with Gasteiger partial charge in [0.05, 0.1) is 5.75 Å². The Labute approximate surface area is 88.9 Å². The third kappa shape index (κ3) is 3.77. The molecule has 0 radical (unpaired) electrons. The molecule has 0 aliphatic heterocycles. The van der Waals surface area contributed by atoms with Gasteiger partial charge in [0.2, 0.25) is 0 Å². The first kappa shape index (κ1) is 11.7. The van der Waals surface area contributed by atoms with Gasteiger partial charge in [0.15, 0.2) is 0 Å². The van der Waals surface area contributed by atoms with Crippen LogP contribution in [0.25, 0.3) is 0 Å². The van der Waals surface area contributed by atoms with Gasteiger partial charge >= 0.3 is 0 Å². The molecule has 14 heavy (non-hydrogen) atoms. The first-order valence-corrected chi connectivity index (χ1v) is 7.26. The molecule has 2 N–H and O–H groups in total. The molecule has 0 saturated carbocycles. The average molecular weight is 233 g/mol. The Morgan fingerprint density at radius 3 is 2.57 bits per heavy atom. The van der Waals surface area contributed by atoms with Crippen molar-refractivity contribution in [3.05, 3.63) is 21.9 Å². The van der Waals surface area contributed by atoms with Crippen LogP contribution < -0.4 is 5.73 Å². The van der Waals surface area contributed by atoms with Crippen molar-refractivity contribution in [3.63, 3.8) is 0 Å². The van der Waals surface area contributed by atoms with Crippen LogP contribution >= 0.6 is 11.3 Å². The molecule has 1 heterocycles. The number of hydrogen-bond donors (Lipinski definition) is 1. The van der Waals surface area contributed by atoms with E-state index in [9.17, 15) is 8.42 Å². The van der Waals surface area contributed by atoms with E-state index in [0.717, 1.165) is 4.88 Å². The second-order valence-electron chi connectivity index (χ2n) is 3.47. The van der Waals surface area contributed by atoms with E-state index in [4.69, 9.17) is 5.73 Å². The molecule has 0 aliphatic carbocycles. The molecule has 0 bridgehead atoms. The Balaban J connectivity index is 2.55. The smallest absolute Gasteiger partial charge is 0.147 e. The van der Waals surface area contributed by atoms with Crippen LogP contribution in [0.4, 0.5) is 0 Å². The van der Waals surface area contributed by atoms with Gasteiger partial charge < -0.3 is 5.73 Å². The van der Waals surface area contributed by atoms with E-state index in [0.29, 0.717) is 6.42 Å². The Kier molecular flexibility index (Phi) is 3.69. The van der Waals surface area contributed by atoms with Crippen molar-refractivity contribution < 1.29 is 8.42 Å². The zero-order valence-electron chi connectivity index (χ0n) is 8.36. The third-order valence-corrected chi connectivity index (χ3v) is 4.04. The molecule has 0 spiro atoms. The van der Waals surface area contributed by atoms with Gasteiger partial charge in [-0.1, -0.05) is 0 Å². The van der Waals surface area contributed by atoms with Gasteiger partial charge in [-0.3, -0.25) is 0 Å². The first-order valence-electron chi connectivity index (χ1n) is 4.38. The summed E-state index contributed by atoms with van der Waals surface area (Å²) < 4.78 is 21.8. The molecule has 80 valence electrons. The van der Waals surface area contributed by atoms with Crippen molar-refractivity contribution in [3.8, 4) is 0 Å². The number of rotatable bonds is 4. The lowest BCUT2D eigenvalue weighted by Gasteiger charge is -2.07. The summed E-state index contributed by atoms with van der Waals surface area (Å²) in [6, 6.07) is 3.82. The van der Waals surface area contributed by atoms with Gasteiger partial charge in [-0.05, 0) is 25.5 Å². The molecule has 3 nitrogen and oxygen atoms in total. The van der Waals surface area contributed by atoms with Crippen LogP contribution in [0.3, 0.4) is 0 Å². The minimum atomic E-state index is -2.90. The summed E-state index contributed by atoms with van der Waals surface area (Å²) in [5.74, 6) is 0.158. The summed E-state index contributed by atoms with van der Waals surface area (Å²) >= 11 is 1.63. The van der Waals surface area contributed by atoms with Gasteiger partial charge in [0.1, 0.15) is 9.84 Å². The summed E-state index contributed by atoms with van der Waals surface area (Å²) in [5, 5.41) is 0. The highest BCUT2D eigenvalue weighted by Gasteiger charge is 2.11. The van der Waals surface area contributed by atoms with Crippen molar-refractivity contribution >= 4 is 21.2 Å². The van der Waals surface area contributed by atoms with E-state index in [1.807, 2.05) is 19.1 Å². The highest BCUT2D eigenvalue weighted by molar-refractivity contribution is 7.90. The van der Waals surface area contributed by atoms with E-state index >= 15 is 0 Å². The summed E-state index contributed by atoms with van der Waals surface area (Å²) in [5.41, 5.74) is 5.86. The lowest BCUT2D eigenvalue weighted by atomic mass is 10.2. The van der Waals surface area contributed by atoms with E-state index in [2.05, 4.69) is 0 Å². The molecule has 1 unspecified atom stereocenters.